The van der Waals surface area contributed by atoms with E-state index in [2.05, 4.69) is 13.6 Å². The molecular formula is C13H21N3O3S. The third-order valence-electron chi connectivity index (χ3n) is 4.19. The summed E-state index contributed by atoms with van der Waals surface area (Å²) in [5, 5.41) is 8.63. The van der Waals surface area contributed by atoms with Gasteiger partial charge in [-0.15, -0.1) is 4.37 Å². The molecule has 3 saturated heterocycles. The van der Waals surface area contributed by atoms with Crippen molar-refractivity contribution in [3.63, 3.8) is 0 Å². The van der Waals surface area contributed by atoms with Crippen LogP contribution in [0, 0.1) is 5.92 Å². The fourth-order valence-electron chi connectivity index (χ4n) is 3.15. The Morgan fingerprint density at radius 3 is 2.75 bits per heavy atom. The summed E-state index contributed by atoms with van der Waals surface area (Å²) in [6.07, 6.45) is 2.53. The minimum atomic E-state index is 0.0447. The largest absolute Gasteiger partial charge is 0.473 e. The maximum Gasteiger partial charge on any atom is 0.249 e. The van der Waals surface area contributed by atoms with Gasteiger partial charge in [-0.05, 0) is 31.8 Å². The van der Waals surface area contributed by atoms with E-state index in [1.54, 1.807) is 0 Å². The smallest absolute Gasteiger partial charge is 0.249 e. The molecule has 4 rings (SSSR count). The molecule has 0 amide bonds. The molecule has 1 aromatic rings. The van der Waals surface area contributed by atoms with Crippen molar-refractivity contribution in [2.24, 2.45) is 5.92 Å². The second-order valence-corrected chi connectivity index (χ2v) is 5.91. The number of nitrogens with zero attached hydrogens (tertiary/aromatic N) is 3. The molecular weight excluding hydrogens is 278 g/mol. The number of aromatic nitrogens is 2. The summed E-state index contributed by atoms with van der Waals surface area (Å²) in [6.45, 7) is 4.87. The lowest BCUT2D eigenvalue weighted by molar-refractivity contribution is 0.0665. The third-order valence-corrected chi connectivity index (χ3v) is 4.72. The first-order valence-electron chi connectivity index (χ1n) is 7.24. The Bertz CT molecular complexity index is 421. The van der Waals surface area contributed by atoms with Crippen LogP contribution in [-0.2, 0) is 4.74 Å². The van der Waals surface area contributed by atoms with Crippen LogP contribution in [-0.4, -0.2) is 64.8 Å². The summed E-state index contributed by atoms with van der Waals surface area (Å²) < 4.78 is 19.6. The molecule has 20 heavy (non-hydrogen) atoms. The van der Waals surface area contributed by atoms with Crippen molar-refractivity contribution >= 4 is 11.7 Å². The predicted molar refractivity (Wildman–Crippen MR) is 75.2 cm³/mol. The van der Waals surface area contributed by atoms with E-state index in [1.807, 2.05) is 0 Å². The molecule has 1 aromatic heterocycles. The van der Waals surface area contributed by atoms with Gasteiger partial charge in [0, 0.05) is 12.5 Å². The van der Waals surface area contributed by atoms with Crippen LogP contribution in [0.2, 0.25) is 0 Å². The van der Waals surface area contributed by atoms with E-state index in [9.17, 15) is 0 Å². The van der Waals surface area contributed by atoms with E-state index in [1.165, 1.54) is 37.7 Å². The molecule has 0 aliphatic carbocycles. The number of rotatable bonds is 7. The lowest BCUT2D eigenvalue weighted by Gasteiger charge is -2.44. The quantitative estimate of drug-likeness (QED) is 0.749. The zero-order chi connectivity index (χ0) is 13.8. The second-order valence-electron chi connectivity index (χ2n) is 5.38. The Balaban J connectivity index is 1.56. The van der Waals surface area contributed by atoms with Crippen LogP contribution in [0.3, 0.4) is 0 Å². The number of aliphatic hydroxyl groups excluding tert-OH is 1. The lowest BCUT2D eigenvalue weighted by Crippen LogP contribution is -2.46. The van der Waals surface area contributed by atoms with Crippen LogP contribution in [0.25, 0.3) is 0 Å². The zero-order valence-electron chi connectivity index (χ0n) is 11.5. The highest BCUT2D eigenvalue weighted by Gasteiger charge is 2.38. The zero-order valence-corrected chi connectivity index (χ0v) is 12.3. The third kappa shape index (κ3) is 3.11. The fraction of sp³-hybridized carbons (Fsp3) is 0.846. The van der Waals surface area contributed by atoms with Crippen LogP contribution < -0.4 is 4.74 Å². The highest BCUT2D eigenvalue weighted by molar-refractivity contribution is 6.99. The van der Waals surface area contributed by atoms with E-state index >= 15 is 0 Å². The van der Waals surface area contributed by atoms with Gasteiger partial charge in [0.1, 0.15) is 12.3 Å². The van der Waals surface area contributed by atoms with Gasteiger partial charge < -0.3 is 19.5 Å². The first-order valence-corrected chi connectivity index (χ1v) is 7.97. The first kappa shape index (κ1) is 14.2. The van der Waals surface area contributed by atoms with Gasteiger partial charge in [-0.25, -0.2) is 0 Å². The molecule has 0 radical (unpaired) electrons. The molecule has 4 heterocycles. The number of hydrogen-bond donors (Lipinski definition) is 1. The van der Waals surface area contributed by atoms with Gasteiger partial charge in [0.2, 0.25) is 5.88 Å². The van der Waals surface area contributed by atoms with Gasteiger partial charge in [0.25, 0.3) is 0 Å². The molecule has 2 bridgehead atoms. The SMILES string of the molecule is OCCOCCOc1nsnc1C1CN2CCC1CC2. The molecule has 7 heteroatoms. The molecule has 3 aliphatic rings. The molecule has 6 nitrogen and oxygen atoms in total. The van der Waals surface area contributed by atoms with Crippen LogP contribution in [0.15, 0.2) is 0 Å². The molecule has 1 N–H and O–H groups in total. The highest BCUT2D eigenvalue weighted by Crippen LogP contribution is 2.41. The second kappa shape index (κ2) is 6.80. The summed E-state index contributed by atoms with van der Waals surface area (Å²) >= 11 is 1.23. The van der Waals surface area contributed by atoms with Crippen molar-refractivity contribution in [2.45, 2.75) is 18.8 Å². The Morgan fingerprint density at radius 2 is 2.05 bits per heavy atom. The van der Waals surface area contributed by atoms with E-state index in [4.69, 9.17) is 14.6 Å². The van der Waals surface area contributed by atoms with E-state index in [0.29, 0.717) is 31.6 Å². The normalized spacial score (nSPS) is 28.8. The number of ether oxygens (including phenoxy) is 2. The molecule has 0 aromatic carbocycles. The number of hydrogen-bond acceptors (Lipinski definition) is 7. The molecule has 3 aliphatic heterocycles. The van der Waals surface area contributed by atoms with Crippen LogP contribution in [0.4, 0.5) is 0 Å². The molecule has 1 atom stereocenters. The Kier molecular flexibility index (Phi) is 4.82. The van der Waals surface area contributed by atoms with Gasteiger partial charge in [0.05, 0.1) is 31.5 Å². The minimum absolute atomic E-state index is 0.0447. The summed E-state index contributed by atoms with van der Waals surface area (Å²) in [4.78, 5) is 2.51. The van der Waals surface area contributed by atoms with Gasteiger partial charge in [-0.3, -0.25) is 0 Å². The van der Waals surface area contributed by atoms with Crippen molar-refractivity contribution in [1.29, 1.82) is 0 Å². The lowest BCUT2D eigenvalue weighted by atomic mass is 9.77. The Labute approximate surface area is 123 Å². The Hall–Kier alpha value is -0.760. The Morgan fingerprint density at radius 1 is 1.20 bits per heavy atom. The van der Waals surface area contributed by atoms with E-state index < -0.39 is 0 Å². The molecule has 1 unspecified atom stereocenters. The maximum atomic E-state index is 8.63. The van der Waals surface area contributed by atoms with Crippen molar-refractivity contribution in [2.75, 3.05) is 46.1 Å². The molecule has 0 spiro atoms. The van der Waals surface area contributed by atoms with Gasteiger partial charge >= 0.3 is 0 Å². The first-order chi connectivity index (χ1) is 9.88. The maximum absolute atomic E-state index is 8.63. The molecule has 0 saturated carbocycles. The molecule has 112 valence electrons. The van der Waals surface area contributed by atoms with E-state index in [-0.39, 0.29) is 6.61 Å². The van der Waals surface area contributed by atoms with Crippen molar-refractivity contribution < 1.29 is 14.6 Å². The summed E-state index contributed by atoms with van der Waals surface area (Å²) in [6, 6.07) is 0. The highest BCUT2D eigenvalue weighted by atomic mass is 32.1. The van der Waals surface area contributed by atoms with Crippen molar-refractivity contribution in [1.82, 2.24) is 13.6 Å². The number of aliphatic hydroxyl groups is 1. The summed E-state index contributed by atoms with van der Waals surface area (Å²) in [7, 11) is 0. The van der Waals surface area contributed by atoms with Crippen LogP contribution in [0.1, 0.15) is 24.5 Å². The van der Waals surface area contributed by atoms with Gasteiger partial charge in [-0.1, -0.05) is 0 Å². The van der Waals surface area contributed by atoms with Crippen molar-refractivity contribution in [3.05, 3.63) is 5.69 Å². The van der Waals surface area contributed by atoms with Gasteiger partial charge in [-0.2, -0.15) is 4.37 Å². The summed E-state index contributed by atoms with van der Waals surface area (Å²) in [5.41, 5.74) is 1.03. The summed E-state index contributed by atoms with van der Waals surface area (Å²) in [5.74, 6) is 1.89. The average Bonchev–Trinajstić information content (AvgIpc) is 2.96. The minimum Gasteiger partial charge on any atom is -0.473 e. The fourth-order valence-corrected chi connectivity index (χ4v) is 3.72. The number of fused-ring (bicyclic) bond motifs is 3. The standard InChI is InChI=1S/C13H21N3O3S/c17-5-6-18-7-8-19-13-12(14-20-15-13)11-9-16-3-1-10(11)2-4-16/h10-11,17H,1-9H2. The predicted octanol–water partition coefficient (Wildman–Crippen LogP) is 0.735. The van der Waals surface area contributed by atoms with Gasteiger partial charge in [0.15, 0.2) is 0 Å². The van der Waals surface area contributed by atoms with Crippen LogP contribution in [0.5, 0.6) is 5.88 Å². The number of piperidine rings is 3. The van der Waals surface area contributed by atoms with Crippen molar-refractivity contribution in [3.8, 4) is 5.88 Å². The topological polar surface area (TPSA) is 67.7 Å². The monoisotopic (exact) mass is 299 g/mol. The molecule has 3 fully saturated rings. The van der Waals surface area contributed by atoms with E-state index in [0.717, 1.165) is 18.2 Å². The average molecular weight is 299 g/mol. The van der Waals surface area contributed by atoms with Crippen LogP contribution >= 0.6 is 11.7 Å².